The van der Waals surface area contributed by atoms with Crippen LogP contribution in [0.5, 0.6) is 0 Å². The van der Waals surface area contributed by atoms with Gasteiger partial charge in [0.25, 0.3) is 5.91 Å². The van der Waals surface area contributed by atoms with Crippen molar-refractivity contribution in [1.29, 1.82) is 0 Å². The fraction of sp³-hybridized carbons (Fsp3) is 0.364. The number of rotatable bonds is 5. The number of hydrogen-bond acceptors (Lipinski definition) is 3. The molecule has 0 atom stereocenters. The van der Waals surface area contributed by atoms with E-state index in [2.05, 4.69) is 15.5 Å². The Hall–Kier alpha value is -2.89. The van der Waals surface area contributed by atoms with Crippen LogP contribution in [0.1, 0.15) is 43.5 Å². The van der Waals surface area contributed by atoms with Crippen LogP contribution in [0.2, 0.25) is 0 Å². The number of carbonyl (C=O) groups is 2. The van der Waals surface area contributed by atoms with E-state index in [4.69, 9.17) is 0 Å². The topological polar surface area (TPSA) is 61.4 Å². The minimum atomic E-state index is -0.386. The number of piperidine rings is 1. The third kappa shape index (κ3) is 4.88. The Morgan fingerprint density at radius 3 is 2.29 bits per heavy atom. The third-order valence-corrected chi connectivity index (χ3v) is 4.84. The van der Waals surface area contributed by atoms with Crippen LogP contribution in [0.15, 0.2) is 42.5 Å². The monoisotopic (exact) mass is 383 g/mol. The first-order chi connectivity index (χ1) is 13.4. The van der Waals surface area contributed by atoms with Crippen molar-refractivity contribution >= 4 is 28.9 Å². The average Bonchev–Trinajstić information content (AvgIpc) is 2.69. The first kappa shape index (κ1) is 19.9. The summed E-state index contributed by atoms with van der Waals surface area (Å²) in [4.78, 5) is 26.6. The minimum absolute atomic E-state index is 0.0804. The smallest absolute Gasteiger partial charge is 0.255 e. The summed E-state index contributed by atoms with van der Waals surface area (Å²) in [5.74, 6) is -0.902. The van der Waals surface area contributed by atoms with Crippen LogP contribution in [0, 0.1) is 11.7 Å². The van der Waals surface area contributed by atoms with Crippen LogP contribution in [-0.4, -0.2) is 24.9 Å². The van der Waals surface area contributed by atoms with Crippen molar-refractivity contribution in [2.45, 2.75) is 33.1 Å². The van der Waals surface area contributed by atoms with Gasteiger partial charge >= 0.3 is 0 Å². The highest BCUT2D eigenvalue weighted by Gasteiger charge is 2.17. The Morgan fingerprint density at radius 1 is 0.964 bits per heavy atom. The highest BCUT2D eigenvalue weighted by molar-refractivity contribution is 6.06. The van der Waals surface area contributed by atoms with E-state index in [1.807, 2.05) is 13.8 Å². The van der Waals surface area contributed by atoms with Gasteiger partial charge in [-0.1, -0.05) is 13.8 Å². The summed E-state index contributed by atoms with van der Waals surface area (Å²) in [6, 6.07) is 11.2. The molecule has 0 saturated carbocycles. The van der Waals surface area contributed by atoms with E-state index in [1.54, 1.807) is 30.3 Å². The van der Waals surface area contributed by atoms with Gasteiger partial charge in [-0.05, 0) is 61.7 Å². The summed E-state index contributed by atoms with van der Waals surface area (Å²) in [6.45, 7) is 5.43. The summed E-state index contributed by atoms with van der Waals surface area (Å²) in [7, 11) is 0. The van der Waals surface area contributed by atoms with Crippen molar-refractivity contribution in [1.82, 2.24) is 0 Å². The number of amides is 2. The van der Waals surface area contributed by atoms with Crippen LogP contribution in [-0.2, 0) is 4.79 Å². The number of anilines is 3. The van der Waals surface area contributed by atoms with Crippen molar-refractivity contribution in [2.75, 3.05) is 28.6 Å². The predicted molar refractivity (Wildman–Crippen MR) is 110 cm³/mol. The van der Waals surface area contributed by atoms with Gasteiger partial charge in [-0.3, -0.25) is 9.59 Å². The molecule has 0 aliphatic carbocycles. The molecule has 3 rings (SSSR count). The Morgan fingerprint density at radius 2 is 1.64 bits per heavy atom. The van der Waals surface area contributed by atoms with E-state index in [0.717, 1.165) is 31.6 Å². The van der Waals surface area contributed by atoms with Crippen LogP contribution < -0.4 is 15.5 Å². The van der Waals surface area contributed by atoms with Crippen molar-refractivity contribution in [3.8, 4) is 0 Å². The largest absolute Gasteiger partial charge is 0.370 e. The standard InChI is InChI=1S/C22H26FN3O2/c1-15(2)21(27)24-18-9-6-16(7-10-18)22(28)25-19-14-17(23)8-11-20(19)26-12-4-3-5-13-26/h6-11,14-15H,3-5,12-13H2,1-2H3,(H,24,27)(H,25,28). The van der Waals surface area contributed by atoms with E-state index in [-0.39, 0.29) is 23.5 Å². The third-order valence-electron chi connectivity index (χ3n) is 4.84. The lowest BCUT2D eigenvalue weighted by molar-refractivity contribution is -0.118. The Balaban J connectivity index is 1.74. The zero-order valence-corrected chi connectivity index (χ0v) is 16.3. The summed E-state index contributed by atoms with van der Waals surface area (Å²) >= 11 is 0. The molecule has 2 aromatic rings. The van der Waals surface area contributed by atoms with Gasteiger partial charge in [0.1, 0.15) is 5.82 Å². The quantitative estimate of drug-likeness (QED) is 0.789. The molecule has 148 valence electrons. The number of nitrogens with zero attached hydrogens (tertiary/aromatic N) is 1. The second kappa shape index (κ2) is 8.87. The van der Waals surface area contributed by atoms with Gasteiger partial charge in [-0.2, -0.15) is 0 Å². The second-order valence-corrected chi connectivity index (χ2v) is 7.38. The Bertz CT molecular complexity index is 843. The zero-order valence-electron chi connectivity index (χ0n) is 16.3. The molecule has 5 nitrogen and oxygen atoms in total. The van der Waals surface area contributed by atoms with Gasteiger partial charge in [0.05, 0.1) is 11.4 Å². The molecule has 1 aliphatic rings. The molecule has 6 heteroatoms. The molecule has 1 aliphatic heterocycles. The van der Waals surface area contributed by atoms with Crippen LogP contribution in [0.3, 0.4) is 0 Å². The lowest BCUT2D eigenvalue weighted by Gasteiger charge is -2.30. The molecule has 1 fully saturated rings. The number of benzene rings is 2. The molecule has 2 aromatic carbocycles. The highest BCUT2D eigenvalue weighted by atomic mass is 19.1. The maximum Gasteiger partial charge on any atom is 0.255 e. The van der Waals surface area contributed by atoms with E-state index < -0.39 is 0 Å². The lowest BCUT2D eigenvalue weighted by atomic mass is 10.1. The highest BCUT2D eigenvalue weighted by Crippen LogP contribution is 2.29. The molecule has 2 amide bonds. The number of halogens is 1. The number of hydrogen-bond donors (Lipinski definition) is 2. The summed E-state index contributed by atoms with van der Waals surface area (Å²) in [6.07, 6.45) is 3.38. The van der Waals surface area contributed by atoms with Gasteiger partial charge in [-0.15, -0.1) is 0 Å². The van der Waals surface area contributed by atoms with Gasteiger partial charge < -0.3 is 15.5 Å². The number of nitrogens with one attached hydrogen (secondary N) is 2. The van der Waals surface area contributed by atoms with E-state index in [1.165, 1.54) is 18.6 Å². The van der Waals surface area contributed by atoms with Gasteiger partial charge in [0.15, 0.2) is 0 Å². The minimum Gasteiger partial charge on any atom is -0.370 e. The normalized spacial score (nSPS) is 14.1. The van der Waals surface area contributed by atoms with Crippen molar-refractivity contribution in [3.63, 3.8) is 0 Å². The Labute approximate surface area is 164 Å². The predicted octanol–water partition coefficient (Wildman–Crippen LogP) is 4.66. The van der Waals surface area contributed by atoms with E-state index >= 15 is 0 Å². The fourth-order valence-electron chi connectivity index (χ4n) is 3.20. The molecule has 0 bridgehead atoms. The molecule has 0 unspecified atom stereocenters. The van der Waals surface area contributed by atoms with Crippen molar-refractivity contribution < 1.29 is 14.0 Å². The maximum atomic E-state index is 13.8. The Kier molecular flexibility index (Phi) is 6.29. The van der Waals surface area contributed by atoms with Crippen molar-refractivity contribution in [3.05, 3.63) is 53.8 Å². The van der Waals surface area contributed by atoms with Crippen LogP contribution >= 0.6 is 0 Å². The van der Waals surface area contributed by atoms with Gasteiger partial charge in [0.2, 0.25) is 5.91 Å². The summed E-state index contributed by atoms with van der Waals surface area (Å²) in [5.41, 5.74) is 2.39. The molecular formula is C22H26FN3O2. The maximum absolute atomic E-state index is 13.8. The van der Waals surface area contributed by atoms with Crippen LogP contribution in [0.25, 0.3) is 0 Å². The molecule has 28 heavy (non-hydrogen) atoms. The van der Waals surface area contributed by atoms with Crippen molar-refractivity contribution in [2.24, 2.45) is 5.92 Å². The SMILES string of the molecule is CC(C)C(=O)Nc1ccc(C(=O)Nc2cc(F)ccc2N2CCCCC2)cc1. The zero-order chi connectivity index (χ0) is 20.1. The van der Waals surface area contributed by atoms with E-state index in [0.29, 0.717) is 16.9 Å². The van der Waals surface area contributed by atoms with Gasteiger partial charge in [-0.25, -0.2) is 4.39 Å². The molecule has 2 N–H and O–H groups in total. The molecule has 1 heterocycles. The molecule has 1 saturated heterocycles. The second-order valence-electron chi connectivity index (χ2n) is 7.38. The summed E-state index contributed by atoms with van der Waals surface area (Å²) < 4.78 is 13.8. The molecule has 0 radical (unpaired) electrons. The molecule has 0 spiro atoms. The first-order valence-corrected chi connectivity index (χ1v) is 9.71. The van der Waals surface area contributed by atoms with Gasteiger partial charge in [0, 0.05) is 30.3 Å². The summed E-state index contributed by atoms with van der Waals surface area (Å²) in [5, 5.41) is 5.63. The molecule has 0 aromatic heterocycles. The first-order valence-electron chi connectivity index (χ1n) is 9.71. The van der Waals surface area contributed by atoms with Crippen LogP contribution in [0.4, 0.5) is 21.5 Å². The average molecular weight is 383 g/mol. The number of carbonyl (C=O) groups excluding carboxylic acids is 2. The molecular weight excluding hydrogens is 357 g/mol. The fourth-order valence-corrected chi connectivity index (χ4v) is 3.20. The van der Waals surface area contributed by atoms with E-state index in [9.17, 15) is 14.0 Å². The lowest BCUT2D eigenvalue weighted by Crippen LogP contribution is -2.30.